The number of β-amino-alcohol motifs (C(OH)–C–C–N with tert-alkyl or cyclic N) is 1. The molecule has 2 rings (SSSR count). The van der Waals surface area contributed by atoms with Gasteiger partial charge in [-0.1, -0.05) is 0 Å². The quantitative estimate of drug-likeness (QED) is 0.488. The van der Waals surface area contributed by atoms with Crippen molar-refractivity contribution in [2.24, 2.45) is 5.73 Å². The van der Waals surface area contributed by atoms with E-state index in [9.17, 15) is 24.3 Å². The van der Waals surface area contributed by atoms with Crippen molar-refractivity contribution in [1.29, 1.82) is 0 Å². The minimum Gasteiger partial charge on any atom is -0.480 e. The lowest BCUT2D eigenvalue weighted by molar-refractivity contribution is -0.142. The number of carbonyl (C=O) groups excluding carboxylic acids is 1. The third-order valence-corrected chi connectivity index (χ3v) is 4.43. The molecule has 3 atom stereocenters. The normalized spacial score (nSPS) is 24.8. The van der Waals surface area contributed by atoms with Gasteiger partial charge in [0.25, 0.3) is 5.56 Å². The van der Waals surface area contributed by atoms with Crippen molar-refractivity contribution in [1.82, 2.24) is 14.5 Å². The molecule has 0 aliphatic carbocycles. The van der Waals surface area contributed by atoms with Gasteiger partial charge in [-0.15, -0.1) is 0 Å². The van der Waals surface area contributed by atoms with Crippen LogP contribution in [0.3, 0.4) is 0 Å². The summed E-state index contributed by atoms with van der Waals surface area (Å²) in [6.45, 7) is 1.80. The molecule has 10 nitrogen and oxygen atoms in total. The molecule has 25 heavy (non-hydrogen) atoms. The SMILES string of the molecule is C[C@@]1(O)CN(C(=O)CC[C@@H](N)C(=O)O)CC[C@H]1n1ccc(=O)[nH]c1=O. The molecule has 0 bridgehead atoms. The van der Waals surface area contributed by atoms with Gasteiger partial charge in [0, 0.05) is 25.2 Å². The highest BCUT2D eigenvalue weighted by Gasteiger charge is 2.41. The van der Waals surface area contributed by atoms with Gasteiger partial charge in [-0.2, -0.15) is 0 Å². The number of hydrogen-bond donors (Lipinski definition) is 4. The third kappa shape index (κ3) is 4.34. The first kappa shape index (κ1) is 18.9. The Morgan fingerprint density at radius 2 is 2.16 bits per heavy atom. The largest absolute Gasteiger partial charge is 0.480 e. The lowest BCUT2D eigenvalue weighted by Gasteiger charge is -2.43. The molecule has 0 radical (unpaired) electrons. The van der Waals surface area contributed by atoms with Crippen LogP contribution in [-0.4, -0.2) is 61.3 Å². The minimum absolute atomic E-state index is 0.00954. The van der Waals surface area contributed by atoms with E-state index in [2.05, 4.69) is 4.98 Å². The predicted octanol–water partition coefficient (Wildman–Crippen LogP) is -1.75. The van der Waals surface area contributed by atoms with Gasteiger partial charge in [0.15, 0.2) is 0 Å². The molecular formula is C15H22N4O6. The first-order valence-corrected chi connectivity index (χ1v) is 7.92. The Morgan fingerprint density at radius 1 is 1.48 bits per heavy atom. The van der Waals surface area contributed by atoms with Crippen LogP contribution >= 0.6 is 0 Å². The molecule has 1 fully saturated rings. The summed E-state index contributed by atoms with van der Waals surface area (Å²) in [5.41, 5.74) is 2.86. The molecule has 1 amide bonds. The standard InChI is InChI=1S/C15H22N4O6/c1-15(25)8-18(12(21)3-2-9(16)13(22)23)6-4-10(15)19-7-5-11(20)17-14(19)24/h5,7,9-10,25H,2-4,6,8,16H2,1H3,(H,22,23)(H,17,20,24)/t9-,10-,15-/m1/s1. The molecule has 2 heterocycles. The third-order valence-electron chi connectivity index (χ3n) is 4.43. The van der Waals surface area contributed by atoms with E-state index in [0.29, 0.717) is 13.0 Å². The number of nitrogens with two attached hydrogens (primary N) is 1. The van der Waals surface area contributed by atoms with Gasteiger partial charge in [0.05, 0.1) is 12.6 Å². The molecule has 138 valence electrons. The number of H-pyrrole nitrogens is 1. The Kier molecular flexibility index (Phi) is 5.43. The van der Waals surface area contributed by atoms with E-state index in [1.165, 1.54) is 28.7 Å². The van der Waals surface area contributed by atoms with E-state index in [0.717, 1.165) is 0 Å². The number of piperidine rings is 1. The highest BCUT2D eigenvalue weighted by molar-refractivity contribution is 5.78. The van der Waals surface area contributed by atoms with Gasteiger partial charge < -0.3 is 20.8 Å². The number of aromatic amines is 1. The van der Waals surface area contributed by atoms with Gasteiger partial charge in [0.2, 0.25) is 5.91 Å². The van der Waals surface area contributed by atoms with Crippen molar-refractivity contribution in [3.05, 3.63) is 33.1 Å². The van der Waals surface area contributed by atoms with E-state index >= 15 is 0 Å². The van der Waals surface area contributed by atoms with Crippen LogP contribution in [0, 0.1) is 0 Å². The van der Waals surface area contributed by atoms with Crippen molar-refractivity contribution in [2.75, 3.05) is 13.1 Å². The number of nitrogens with one attached hydrogen (secondary N) is 1. The highest BCUT2D eigenvalue weighted by atomic mass is 16.4. The monoisotopic (exact) mass is 354 g/mol. The Labute approximate surface area is 142 Å². The predicted molar refractivity (Wildman–Crippen MR) is 87.0 cm³/mol. The number of amides is 1. The average Bonchev–Trinajstić information content (AvgIpc) is 2.52. The number of aromatic nitrogens is 2. The zero-order chi connectivity index (χ0) is 18.8. The summed E-state index contributed by atoms with van der Waals surface area (Å²) in [6, 6.07) is -0.508. The molecule has 0 unspecified atom stereocenters. The van der Waals surface area contributed by atoms with E-state index in [-0.39, 0.29) is 25.3 Å². The minimum atomic E-state index is -1.38. The molecule has 0 spiro atoms. The number of carboxylic acids is 1. The smallest absolute Gasteiger partial charge is 0.328 e. The second-order valence-electron chi connectivity index (χ2n) is 6.48. The molecule has 1 aliphatic rings. The van der Waals surface area contributed by atoms with Crippen LogP contribution in [0.4, 0.5) is 0 Å². The van der Waals surface area contributed by atoms with E-state index in [1.807, 2.05) is 0 Å². The molecule has 5 N–H and O–H groups in total. The van der Waals surface area contributed by atoms with Crippen LogP contribution in [0.2, 0.25) is 0 Å². The Bertz CT molecular complexity index is 768. The first-order chi connectivity index (χ1) is 11.6. The maximum Gasteiger partial charge on any atom is 0.328 e. The van der Waals surface area contributed by atoms with E-state index in [1.54, 1.807) is 0 Å². The van der Waals surface area contributed by atoms with Gasteiger partial charge in [-0.25, -0.2) is 4.79 Å². The lowest BCUT2D eigenvalue weighted by atomic mass is 9.88. The van der Waals surface area contributed by atoms with Gasteiger partial charge in [0.1, 0.15) is 11.6 Å². The fourth-order valence-corrected chi connectivity index (χ4v) is 3.04. The van der Waals surface area contributed by atoms with Crippen molar-refractivity contribution in [3.8, 4) is 0 Å². The molecule has 0 aromatic carbocycles. The Hall–Kier alpha value is -2.46. The molecule has 1 aromatic rings. The summed E-state index contributed by atoms with van der Waals surface area (Å²) in [7, 11) is 0. The number of nitrogens with zero attached hydrogens (tertiary/aromatic N) is 2. The molecule has 10 heteroatoms. The number of rotatable bonds is 5. The van der Waals surface area contributed by atoms with E-state index in [4.69, 9.17) is 10.8 Å². The second kappa shape index (κ2) is 7.19. The number of aliphatic hydroxyl groups is 1. The summed E-state index contributed by atoms with van der Waals surface area (Å²) < 4.78 is 1.25. The second-order valence-corrected chi connectivity index (χ2v) is 6.48. The maximum absolute atomic E-state index is 12.2. The number of hydrogen-bond acceptors (Lipinski definition) is 6. The van der Waals surface area contributed by atoms with Crippen LogP contribution in [0.1, 0.15) is 32.2 Å². The summed E-state index contributed by atoms with van der Waals surface area (Å²) in [5.74, 6) is -1.47. The summed E-state index contributed by atoms with van der Waals surface area (Å²) >= 11 is 0. The number of aliphatic carboxylic acids is 1. The van der Waals surface area contributed by atoms with Crippen LogP contribution in [0.15, 0.2) is 21.9 Å². The molecule has 1 saturated heterocycles. The topological polar surface area (TPSA) is 159 Å². The van der Waals surface area contributed by atoms with Crippen LogP contribution in [0.25, 0.3) is 0 Å². The molecular weight excluding hydrogens is 332 g/mol. The zero-order valence-electron chi connectivity index (χ0n) is 13.8. The number of carboxylic acid groups (broad SMARTS) is 1. The first-order valence-electron chi connectivity index (χ1n) is 7.92. The van der Waals surface area contributed by atoms with Gasteiger partial charge >= 0.3 is 11.7 Å². The van der Waals surface area contributed by atoms with Crippen molar-refractivity contribution in [2.45, 2.75) is 43.9 Å². The van der Waals surface area contributed by atoms with Gasteiger partial charge in [-0.3, -0.25) is 23.9 Å². The lowest BCUT2D eigenvalue weighted by Crippen LogP contribution is -2.56. The maximum atomic E-state index is 12.2. The number of likely N-dealkylation sites (tertiary alicyclic amines) is 1. The average molecular weight is 354 g/mol. The summed E-state index contributed by atoms with van der Waals surface area (Å²) in [4.78, 5) is 49.6. The molecule has 1 aromatic heterocycles. The summed E-state index contributed by atoms with van der Waals surface area (Å²) in [6.07, 6.45) is 1.61. The van der Waals surface area contributed by atoms with Crippen molar-refractivity contribution < 1.29 is 19.8 Å². The van der Waals surface area contributed by atoms with E-state index < -0.39 is 34.9 Å². The van der Waals surface area contributed by atoms with Crippen molar-refractivity contribution in [3.63, 3.8) is 0 Å². The summed E-state index contributed by atoms with van der Waals surface area (Å²) in [5, 5.41) is 19.4. The fraction of sp³-hybridized carbons (Fsp3) is 0.600. The molecule has 1 aliphatic heterocycles. The van der Waals surface area contributed by atoms with Crippen molar-refractivity contribution >= 4 is 11.9 Å². The van der Waals surface area contributed by atoms with Gasteiger partial charge in [-0.05, 0) is 19.8 Å². The zero-order valence-corrected chi connectivity index (χ0v) is 13.8. The van der Waals surface area contributed by atoms with Crippen LogP contribution in [-0.2, 0) is 9.59 Å². The fourth-order valence-electron chi connectivity index (χ4n) is 3.04. The Morgan fingerprint density at radius 3 is 2.72 bits per heavy atom. The Balaban J connectivity index is 2.07. The van der Waals surface area contributed by atoms with Crippen LogP contribution < -0.4 is 17.0 Å². The van der Waals surface area contributed by atoms with Crippen LogP contribution in [0.5, 0.6) is 0 Å². The highest BCUT2D eigenvalue weighted by Crippen LogP contribution is 2.30. The molecule has 0 saturated carbocycles. The number of carbonyl (C=O) groups is 2.